The first-order valence-corrected chi connectivity index (χ1v) is 9.37. The molecule has 0 atom stereocenters. The Morgan fingerprint density at radius 1 is 0.963 bits per heavy atom. The van der Waals surface area contributed by atoms with Crippen molar-refractivity contribution in [1.29, 1.82) is 0 Å². The summed E-state index contributed by atoms with van der Waals surface area (Å²) in [7, 11) is -3.94. The molecular formula is C18H18N2O6S. The lowest BCUT2D eigenvalue weighted by Crippen LogP contribution is -2.31. The molecule has 0 aliphatic heterocycles. The highest BCUT2D eigenvalue weighted by Gasteiger charge is 2.17. The molecule has 0 saturated carbocycles. The standard InChI is InChI=1S/C18H18N2O6S/c1-13(21)20-15-7-9-16(10-8-15)27(24,25)19-11-18(23)26-12-17(22)14-5-3-2-4-6-14/h2-10,19H,11-12H2,1H3,(H,20,21). The van der Waals surface area contributed by atoms with Crippen LogP contribution in [0.3, 0.4) is 0 Å². The van der Waals surface area contributed by atoms with Crippen LogP contribution in [0.5, 0.6) is 0 Å². The fourth-order valence-electron chi connectivity index (χ4n) is 2.06. The monoisotopic (exact) mass is 390 g/mol. The number of benzene rings is 2. The van der Waals surface area contributed by atoms with E-state index in [0.717, 1.165) is 0 Å². The van der Waals surface area contributed by atoms with E-state index in [9.17, 15) is 22.8 Å². The van der Waals surface area contributed by atoms with Crippen LogP contribution < -0.4 is 10.0 Å². The van der Waals surface area contributed by atoms with E-state index in [1.165, 1.54) is 31.2 Å². The highest BCUT2D eigenvalue weighted by molar-refractivity contribution is 7.89. The number of ether oxygens (including phenoxy) is 1. The van der Waals surface area contributed by atoms with Crippen LogP contribution in [0.4, 0.5) is 5.69 Å². The van der Waals surface area contributed by atoms with Crippen molar-refractivity contribution in [2.24, 2.45) is 0 Å². The van der Waals surface area contributed by atoms with E-state index in [4.69, 9.17) is 4.74 Å². The second-order valence-corrected chi connectivity index (χ2v) is 7.25. The summed E-state index contributed by atoms with van der Waals surface area (Å²) in [5.74, 6) is -1.55. The maximum absolute atomic E-state index is 12.2. The summed E-state index contributed by atoms with van der Waals surface area (Å²) in [5.41, 5.74) is 0.838. The number of carbonyl (C=O) groups is 3. The van der Waals surface area contributed by atoms with Crippen molar-refractivity contribution >= 4 is 33.4 Å². The number of carbonyl (C=O) groups excluding carboxylic acids is 3. The van der Waals surface area contributed by atoms with E-state index >= 15 is 0 Å². The highest BCUT2D eigenvalue weighted by atomic mass is 32.2. The second kappa shape index (κ2) is 9.06. The minimum absolute atomic E-state index is 0.0789. The van der Waals surface area contributed by atoms with Crippen LogP contribution in [0.1, 0.15) is 17.3 Å². The van der Waals surface area contributed by atoms with Crippen molar-refractivity contribution in [2.45, 2.75) is 11.8 Å². The topological polar surface area (TPSA) is 119 Å². The molecule has 142 valence electrons. The van der Waals surface area contributed by atoms with Crippen LogP contribution in [0.2, 0.25) is 0 Å². The molecule has 2 aromatic carbocycles. The van der Waals surface area contributed by atoms with Crippen molar-refractivity contribution in [3.63, 3.8) is 0 Å². The first-order chi connectivity index (χ1) is 12.8. The third-order valence-electron chi connectivity index (χ3n) is 3.35. The summed E-state index contributed by atoms with van der Waals surface area (Å²) < 4.78 is 31.2. The Hall–Kier alpha value is -3.04. The number of hydrogen-bond donors (Lipinski definition) is 2. The Morgan fingerprint density at radius 3 is 2.19 bits per heavy atom. The molecule has 0 aliphatic carbocycles. The number of hydrogen-bond acceptors (Lipinski definition) is 6. The van der Waals surface area contributed by atoms with Gasteiger partial charge in [0.1, 0.15) is 6.54 Å². The number of anilines is 1. The zero-order chi connectivity index (χ0) is 19.9. The number of Topliss-reactive ketones (excluding diaryl/α,β-unsaturated/α-hetero) is 1. The van der Waals surface area contributed by atoms with Gasteiger partial charge in [0, 0.05) is 18.2 Å². The summed E-state index contributed by atoms with van der Waals surface area (Å²) in [5, 5.41) is 2.51. The summed E-state index contributed by atoms with van der Waals surface area (Å²) >= 11 is 0. The largest absolute Gasteiger partial charge is 0.456 e. The van der Waals surface area contributed by atoms with Gasteiger partial charge in [0.2, 0.25) is 15.9 Å². The van der Waals surface area contributed by atoms with Crippen molar-refractivity contribution in [1.82, 2.24) is 4.72 Å². The normalized spacial score (nSPS) is 10.9. The first-order valence-electron chi connectivity index (χ1n) is 7.89. The maximum atomic E-state index is 12.2. The molecule has 0 heterocycles. The molecule has 0 bridgehead atoms. The van der Waals surface area contributed by atoms with Gasteiger partial charge in [-0.15, -0.1) is 0 Å². The van der Waals surface area contributed by atoms with Crippen molar-refractivity contribution in [3.05, 3.63) is 60.2 Å². The van der Waals surface area contributed by atoms with E-state index in [-0.39, 0.29) is 16.6 Å². The van der Waals surface area contributed by atoms with Gasteiger partial charge in [-0.1, -0.05) is 30.3 Å². The van der Waals surface area contributed by atoms with Gasteiger partial charge < -0.3 is 10.1 Å². The Bertz CT molecular complexity index is 924. The summed E-state index contributed by atoms with van der Waals surface area (Å²) in [6.45, 7) is 0.244. The van der Waals surface area contributed by atoms with E-state index in [1.54, 1.807) is 30.3 Å². The lowest BCUT2D eigenvalue weighted by molar-refractivity contribution is -0.141. The molecule has 0 radical (unpaired) electrons. The van der Waals surface area contributed by atoms with Gasteiger partial charge in [0.15, 0.2) is 12.4 Å². The SMILES string of the molecule is CC(=O)Nc1ccc(S(=O)(=O)NCC(=O)OCC(=O)c2ccccc2)cc1. The number of amides is 1. The van der Waals surface area contributed by atoms with Crippen molar-refractivity contribution in [2.75, 3.05) is 18.5 Å². The van der Waals surface area contributed by atoms with Gasteiger partial charge in [-0.2, -0.15) is 4.72 Å². The number of rotatable bonds is 8. The summed E-state index contributed by atoms with van der Waals surface area (Å²) in [6, 6.07) is 13.7. The average Bonchev–Trinajstić information content (AvgIpc) is 2.65. The number of ketones is 1. The van der Waals surface area contributed by atoms with E-state index in [1.807, 2.05) is 0 Å². The molecule has 2 N–H and O–H groups in total. The van der Waals surface area contributed by atoms with Gasteiger partial charge in [0.05, 0.1) is 4.90 Å². The van der Waals surface area contributed by atoms with Crippen LogP contribution in [0, 0.1) is 0 Å². The fraction of sp³-hybridized carbons (Fsp3) is 0.167. The molecule has 8 nitrogen and oxygen atoms in total. The predicted molar refractivity (Wildman–Crippen MR) is 97.7 cm³/mol. The molecule has 2 aromatic rings. The molecule has 2 rings (SSSR count). The van der Waals surface area contributed by atoms with Gasteiger partial charge in [-0.25, -0.2) is 8.42 Å². The zero-order valence-corrected chi connectivity index (χ0v) is 15.3. The lowest BCUT2D eigenvalue weighted by atomic mass is 10.1. The Morgan fingerprint density at radius 2 is 1.59 bits per heavy atom. The first kappa shape index (κ1) is 20.3. The minimum atomic E-state index is -3.94. The van der Waals surface area contributed by atoms with Gasteiger partial charge in [0.25, 0.3) is 0 Å². The van der Waals surface area contributed by atoms with Crippen LogP contribution in [-0.2, 0) is 24.3 Å². The van der Waals surface area contributed by atoms with Crippen LogP contribution >= 0.6 is 0 Å². The second-order valence-electron chi connectivity index (χ2n) is 5.48. The lowest BCUT2D eigenvalue weighted by Gasteiger charge is -2.08. The highest BCUT2D eigenvalue weighted by Crippen LogP contribution is 2.13. The average molecular weight is 390 g/mol. The molecule has 9 heteroatoms. The number of nitrogens with one attached hydrogen (secondary N) is 2. The summed E-state index contributed by atoms with van der Waals surface area (Å²) in [4.78, 5) is 34.4. The van der Waals surface area contributed by atoms with Crippen molar-refractivity contribution in [3.8, 4) is 0 Å². The molecule has 1 amide bonds. The Kier molecular flexibility index (Phi) is 6.80. The van der Waals surface area contributed by atoms with Crippen LogP contribution in [0.15, 0.2) is 59.5 Å². The third kappa shape index (κ3) is 6.32. The molecule has 0 aliphatic rings. The molecular weight excluding hydrogens is 372 g/mol. The fourth-order valence-corrected chi connectivity index (χ4v) is 3.03. The molecule has 0 aromatic heterocycles. The molecule has 0 fully saturated rings. The quantitative estimate of drug-likeness (QED) is 0.519. The van der Waals surface area contributed by atoms with Crippen molar-refractivity contribution < 1.29 is 27.5 Å². The van der Waals surface area contributed by atoms with E-state index in [0.29, 0.717) is 11.3 Å². The maximum Gasteiger partial charge on any atom is 0.321 e. The van der Waals surface area contributed by atoms with Gasteiger partial charge in [-0.3, -0.25) is 14.4 Å². The van der Waals surface area contributed by atoms with E-state index < -0.39 is 29.1 Å². The Labute approximate surface area is 156 Å². The van der Waals surface area contributed by atoms with Gasteiger partial charge >= 0.3 is 5.97 Å². The molecule has 0 unspecified atom stereocenters. The number of esters is 1. The molecule has 0 spiro atoms. The molecule has 27 heavy (non-hydrogen) atoms. The van der Waals surface area contributed by atoms with Crippen LogP contribution in [-0.4, -0.2) is 39.2 Å². The zero-order valence-electron chi connectivity index (χ0n) is 14.5. The minimum Gasteiger partial charge on any atom is -0.456 e. The predicted octanol–water partition coefficient (Wildman–Crippen LogP) is 1.35. The van der Waals surface area contributed by atoms with Crippen LogP contribution in [0.25, 0.3) is 0 Å². The smallest absolute Gasteiger partial charge is 0.321 e. The third-order valence-corrected chi connectivity index (χ3v) is 4.77. The van der Waals surface area contributed by atoms with E-state index in [2.05, 4.69) is 10.0 Å². The number of sulfonamides is 1. The molecule has 0 saturated heterocycles. The summed E-state index contributed by atoms with van der Waals surface area (Å²) in [6.07, 6.45) is 0. The Balaban J connectivity index is 1.86. The van der Waals surface area contributed by atoms with Gasteiger partial charge in [-0.05, 0) is 24.3 Å².